The van der Waals surface area contributed by atoms with Crippen LogP contribution >= 0.6 is 0 Å². The average molecular weight is 517 g/mol. The van der Waals surface area contributed by atoms with E-state index in [-0.39, 0.29) is 6.42 Å². The number of amides is 4. The zero-order chi connectivity index (χ0) is 27.3. The number of primary amides is 1. The molecule has 3 aromatic carbocycles. The Morgan fingerprint density at radius 2 is 1.18 bits per heavy atom. The Balaban J connectivity index is 1.76. The Morgan fingerprint density at radius 1 is 0.684 bits per heavy atom. The van der Waals surface area contributed by atoms with E-state index in [1.165, 1.54) is 0 Å². The highest BCUT2D eigenvalue weighted by atomic mass is 16.5. The van der Waals surface area contributed by atoms with Crippen molar-refractivity contribution in [2.24, 2.45) is 5.73 Å². The molecule has 1 unspecified atom stereocenters. The maximum absolute atomic E-state index is 13.3. The topological polar surface area (TPSA) is 151 Å². The molecule has 0 saturated carbocycles. The van der Waals surface area contributed by atoms with Crippen molar-refractivity contribution < 1.29 is 24.4 Å². The lowest BCUT2D eigenvalue weighted by Gasteiger charge is -2.19. The number of hydrogen-bond acceptors (Lipinski definition) is 5. The molecule has 38 heavy (non-hydrogen) atoms. The summed E-state index contributed by atoms with van der Waals surface area (Å²) in [6.07, 6.45) is 2.61. The number of unbranched alkanes of at least 4 members (excludes halogenated alkanes) is 2. The fraction of sp³-hybridized carbons (Fsp3) is 0.241. The Morgan fingerprint density at radius 3 is 1.66 bits per heavy atom. The van der Waals surface area contributed by atoms with Gasteiger partial charge in [0.25, 0.3) is 0 Å². The standard InChI is InChI=1S/C29H32N4O5/c30-27(35)24(14-8-3-9-15-25(34)33-38)20-16-18-21(19-17-20)26(28(36)31-22-10-4-1-5-11-22)29(37)32-23-12-6-2-7-13-23/h1-2,4-7,10-13,16-19,24,26,38H,3,8-9,14-15H2,(H2,30,35)(H,31,36)(H,32,37)(H,33,34). The van der Waals surface area contributed by atoms with Gasteiger partial charge in [-0.3, -0.25) is 24.4 Å². The predicted octanol–water partition coefficient (Wildman–Crippen LogP) is 4.07. The number of carbonyl (C=O) groups is 4. The molecular formula is C29H32N4O5. The Labute approximate surface area is 221 Å². The predicted molar refractivity (Wildman–Crippen MR) is 144 cm³/mol. The van der Waals surface area contributed by atoms with Gasteiger partial charge >= 0.3 is 0 Å². The quantitative estimate of drug-likeness (QED) is 0.100. The van der Waals surface area contributed by atoms with Crippen LogP contribution in [0.3, 0.4) is 0 Å². The molecule has 198 valence electrons. The van der Waals surface area contributed by atoms with Crippen molar-refractivity contribution in [3.8, 4) is 0 Å². The van der Waals surface area contributed by atoms with E-state index < -0.39 is 35.5 Å². The lowest BCUT2D eigenvalue weighted by Crippen LogP contribution is -2.32. The van der Waals surface area contributed by atoms with Crippen molar-refractivity contribution in [3.05, 3.63) is 96.1 Å². The zero-order valence-corrected chi connectivity index (χ0v) is 20.9. The maximum atomic E-state index is 13.3. The van der Waals surface area contributed by atoms with E-state index in [4.69, 9.17) is 10.9 Å². The molecule has 6 N–H and O–H groups in total. The van der Waals surface area contributed by atoms with Crippen LogP contribution in [-0.4, -0.2) is 28.8 Å². The first-order valence-electron chi connectivity index (χ1n) is 12.4. The fourth-order valence-corrected chi connectivity index (χ4v) is 4.15. The molecule has 0 bridgehead atoms. The van der Waals surface area contributed by atoms with E-state index in [0.29, 0.717) is 48.2 Å². The molecule has 4 amide bonds. The summed E-state index contributed by atoms with van der Waals surface area (Å²) in [6, 6.07) is 24.5. The smallest absolute Gasteiger partial charge is 0.243 e. The summed E-state index contributed by atoms with van der Waals surface area (Å²) in [5.41, 5.74) is 9.53. The van der Waals surface area contributed by atoms with Gasteiger partial charge in [0, 0.05) is 17.8 Å². The van der Waals surface area contributed by atoms with Crippen LogP contribution in [0.2, 0.25) is 0 Å². The van der Waals surface area contributed by atoms with Gasteiger partial charge in [0.15, 0.2) is 0 Å². The van der Waals surface area contributed by atoms with Crippen molar-refractivity contribution in [1.82, 2.24) is 5.48 Å². The molecule has 0 saturated heterocycles. The number of para-hydroxylation sites is 2. The highest BCUT2D eigenvalue weighted by Gasteiger charge is 2.29. The molecule has 0 aliphatic rings. The molecule has 0 heterocycles. The first kappa shape index (κ1) is 28.1. The summed E-state index contributed by atoms with van der Waals surface area (Å²) in [6.45, 7) is 0. The van der Waals surface area contributed by atoms with Crippen LogP contribution in [0.15, 0.2) is 84.9 Å². The molecule has 9 heteroatoms. The highest BCUT2D eigenvalue weighted by molar-refractivity contribution is 6.15. The number of hydrogen-bond donors (Lipinski definition) is 5. The first-order chi connectivity index (χ1) is 18.4. The number of hydroxylamine groups is 1. The Kier molecular flexibility index (Phi) is 10.6. The van der Waals surface area contributed by atoms with Crippen molar-refractivity contribution in [2.75, 3.05) is 10.6 Å². The number of nitrogens with two attached hydrogens (primary N) is 1. The van der Waals surface area contributed by atoms with Crippen LogP contribution in [0.4, 0.5) is 11.4 Å². The summed E-state index contributed by atoms with van der Waals surface area (Å²) in [5, 5.41) is 14.2. The van der Waals surface area contributed by atoms with E-state index in [1.54, 1.807) is 78.3 Å². The van der Waals surface area contributed by atoms with Crippen LogP contribution in [0.5, 0.6) is 0 Å². The minimum Gasteiger partial charge on any atom is -0.369 e. The van der Waals surface area contributed by atoms with E-state index in [2.05, 4.69) is 10.6 Å². The van der Waals surface area contributed by atoms with Crippen molar-refractivity contribution in [3.63, 3.8) is 0 Å². The average Bonchev–Trinajstić information content (AvgIpc) is 2.92. The second-order valence-corrected chi connectivity index (χ2v) is 8.90. The lowest BCUT2D eigenvalue weighted by atomic mass is 9.89. The highest BCUT2D eigenvalue weighted by Crippen LogP contribution is 2.27. The van der Waals surface area contributed by atoms with Crippen molar-refractivity contribution in [1.29, 1.82) is 0 Å². The number of carbonyl (C=O) groups excluding carboxylic acids is 4. The number of rotatable bonds is 13. The summed E-state index contributed by atoms with van der Waals surface area (Å²) >= 11 is 0. The summed E-state index contributed by atoms with van der Waals surface area (Å²) in [5.74, 6) is -3.61. The van der Waals surface area contributed by atoms with Gasteiger partial charge in [-0.2, -0.15) is 0 Å². The fourth-order valence-electron chi connectivity index (χ4n) is 4.15. The third-order valence-corrected chi connectivity index (χ3v) is 6.14. The molecule has 1 atom stereocenters. The van der Waals surface area contributed by atoms with Crippen LogP contribution in [0, 0.1) is 0 Å². The SMILES string of the molecule is NC(=O)C(CCCCCC(=O)NO)c1ccc(C(C(=O)Nc2ccccc2)C(=O)Nc2ccccc2)cc1. The molecule has 9 nitrogen and oxygen atoms in total. The summed E-state index contributed by atoms with van der Waals surface area (Å²) < 4.78 is 0. The number of benzene rings is 3. The number of anilines is 2. The second kappa shape index (κ2) is 14.3. The molecule has 3 rings (SSSR count). The van der Waals surface area contributed by atoms with Gasteiger partial charge in [-0.15, -0.1) is 0 Å². The van der Waals surface area contributed by atoms with Crippen molar-refractivity contribution in [2.45, 2.75) is 43.9 Å². The Hall–Kier alpha value is -4.50. The summed E-state index contributed by atoms with van der Waals surface area (Å²) in [7, 11) is 0. The van der Waals surface area contributed by atoms with Gasteiger partial charge in [-0.1, -0.05) is 73.5 Å². The van der Waals surface area contributed by atoms with Gasteiger partial charge < -0.3 is 16.4 Å². The number of nitrogens with one attached hydrogen (secondary N) is 3. The Bertz CT molecular complexity index is 1160. The van der Waals surface area contributed by atoms with E-state index >= 15 is 0 Å². The normalized spacial score (nSPS) is 11.4. The van der Waals surface area contributed by atoms with Gasteiger partial charge in [0.1, 0.15) is 5.92 Å². The van der Waals surface area contributed by atoms with Crippen LogP contribution in [-0.2, 0) is 19.2 Å². The van der Waals surface area contributed by atoms with E-state index in [1.807, 2.05) is 12.1 Å². The largest absolute Gasteiger partial charge is 0.369 e. The lowest BCUT2D eigenvalue weighted by molar-refractivity contribution is -0.129. The van der Waals surface area contributed by atoms with Gasteiger partial charge in [-0.25, -0.2) is 5.48 Å². The molecule has 0 aliphatic heterocycles. The first-order valence-corrected chi connectivity index (χ1v) is 12.4. The van der Waals surface area contributed by atoms with Gasteiger partial charge in [-0.05, 0) is 48.2 Å². The zero-order valence-electron chi connectivity index (χ0n) is 20.9. The van der Waals surface area contributed by atoms with Crippen LogP contribution in [0.1, 0.15) is 55.1 Å². The van der Waals surface area contributed by atoms with Crippen LogP contribution in [0.25, 0.3) is 0 Å². The van der Waals surface area contributed by atoms with E-state index in [9.17, 15) is 19.2 Å². The molecule has 0 radical (unpaired) electrons. The molecular weight excluding hydrogens is 484 g/mol. The monoisotopic (exact) mass is 516 g/mol. The van der Waals surface area contributed by atoms with Gasteiger partial charge in [0.05, 0.1) is 5.92 Å². The van der Waals surface area contributed by atoms with Gasteiger partial charge in [0.2, 0.25) is 23.6 Å². The second-order valence-electron chi connectivity index (χ2n) is 8.90. The molecule has 0 aromatic heterocycles. The molecule has 0 aliphatic carbocycles. The molecule has 0 spiro atoms. The summed E-state index contributed by atoms with van der Waals surface area (Å²) in [4.78, 5) is 49.8. The third kappa shape index (κ3) is 8.28. The minimum atomic E-state index is -1.14. The molecule has 0 fully saturated rings. The third-order valence-electron chi connectivity index (χ3n) is 6.14. The maximum Gasteiger partial charge on any atom is 0.243 e. The van der Waals surface area contributed by atoms with Crippen LogP contribution < -0.4 is 21.8 Å². The van der Waals surface area contributed by atoms with E-state index in [0.717, 1.165) is 0 Å². The van der Waals surface area contributed by atoms with Crippen molar-refractivity contribution >= 4 is 35.0 Å². The minimum absolute atomic E-state index is 0.198. The molecule has 3 aromatic rings.